The van der Waals surface area contributed by atoms with E-state index in [4.69, 9.17) is 21.4 Å². The standard InChI is InChI=1S/C15H21ClO3/c1-9(2)14-11(16)6-10(7-12(14)19-5)15(3,4)8-13(17)18/h6-7,9H,8H2,1-5H3,(H,17,18). The van der Waals surface area contributed by atoms with Gasteiger partial charge in [0.15, 0.2) is 0 Å². The van der Waals surface area contributed by atoms with Gasteiger partial charge in [0.25, 0.3) is 0 Å². The number of carboxylic acids is 1. The molecule has 4 heteroatoms. The highest BCUT2D eigenvalue weighted by atomic mass is 35.5. The maximum absolute atomic E-state index is 10.9. The van der Waals surface area contributed by atoms with Crippen molar-refractivity contribution >= 4 is 17.6 Å². The summed E-state index contributed by atoms with van der Waals surface area (Å²) in [4.78, 5) is 10.9. The highest BCUT2D eigenvalue weighted by Crippen LogP contribution is 2.39. The van der Waals surface area contributed by atoms with Gasteiger partial charge in [-0.25, -0.2) is 0 Å². The van der Waals surface area contributed by atoms with Crippen LogP contribution in [0.15, 0.2) is 12.1 Å². The fraction of sp³-hybridized carbons (Fsp3) is 0.533. The Labute approximate surface area is 119 Å². The van der Waals surface area contributed by atoms with E-state index in [2.05, 4.69) is 0 Å². The van der Waals surface area contributed by atoms with E-state index in [1.165, 1.54) is 0 Å². The Kier molecular flexibility index (Phi) is 4.86. The maximum Gasteiger partial charge on any atom is 0.304 e. The molecule has 0 atom stereocenters. The fourth-order valence-electron chi connectivity index (χ4n) is 2.19. The summed E-state index contributed by atoms with van der Waals surface area (Å²) in [6.45, 7) is 7.88. The molecule has 1 N–H and O–H groups in total. The molecule has 19 heavy (non-hydrogen) atoms. The Balaban J connectivity index is 3.33. The van der Waals surface area contributed by atoms with Crippen LogP contribution in [0, 0.1) is 0 Å². The highest BCUT2D eigenvalue weighted by molar-refractivity contribution is 6.31. The van der Waals surface area contributed by atoms with Crippen LogP contribution in [-0.2, 0) is 10.2 Å². The predicted octanol–water partition coefficient (Wildman–Crippen LogP) is 4.22. The van der Waals surface area contributed by atoms with E-state index in [1.54, 1.807) is 7.11 Å². The minimum Gasteiger partial charge on any atom is -0.496 e. The number of carboxylic acid groups (broad SMARTS) is 1. The third-order valence-corrected chi connectivity index (χ3v) is 3.58. The average molecular weight is 285 g/mol. The lowest BCUT2D eigenvalue weighted by Crippen LogP contribution is -2.22. The molecule has 106 valence electrons. The second kappa shape index (κ2) is 5.83. The van der Waals surface area contributed by atoms with Gasteiger partial charge in [0.1, 0.15) is 5.75 Å². The number of halogens is 1. The number of hydrogen-bond donors (Lipinski definition) is 1. The summed E-state index contributed by atoms with van der Waals surface area (Å²) in [7, 11) is 1.60. The number of benzene rings is 1. The van der Waals surface area contributed by atoms with Gasteiger partial charge < -0.3 is 9.84 Å². The first kappa shape index (κ1) is 15.8. The molecule has 1 aromatic rings. The molecule has 0 aliphatic rings. The topological polar surface area (TPSA) is 46.5 Å². The van der Waals surface area contributed by atoms with Crippen LogP contribution in [0.3, 0.4) is 0 Å². The smallest absolute Gasteiger partial charge is 0.304 e. The predicted molar refractivity (Wildman–Crippen MR) is 77.4 cm³/mol. The maximum atomic E-state index is 10.9. The van der Waals surface area contributed by atoms with Crippen molar-refractivity contribution in [2.45, 2.75) is 45.4 Å². The minimum absolute atomic E-state index is 0.0491. The van der Waals surface area contributed by atoms with Crippen LogP contribution >= 0.6 is 11.6 Å². The van der Waals surface area contributed by atoms with Gasteiger partial charge in [0.2, 0.25) is 0 Å². The number of carbonyl (C=O) groups is 1. The van der Waals surface area contributed by atoms with Crippen molar-refractivity contribution in [3.8, 4) is 5.75 Å². The molecule has 0 aromatic heterocycles. The number of methoxy groups -OCH3 is 1. The van der Waals surface area contributed by atoms with E-state index in [-0.39, 0.29) is 12.3 Å². The molecule has 0 spiro atoms. The third kappa shape index (κ3) is 3.63. The molecule has 1 rings (SSSR count). The summed E-state index contributed by atoms with van der Waals surface area (Å²) in [6.07, 6.45) is 0.0491. The van der Waals surface area contributed by atoms with Gasteiger partial charge in [0, 0.05) is 16.0 Å². The Hall–Kier alpha value is -1.22. The molecule has 0 aliphatic carbocycles. The molecule has 3 nitrogen and oxygen atoms in total. The van der Waals surface area contributed by atoms with Crippen LogP contribution in [-0.4, -0.2) is 18.2 Å². The molecule has 0 heterocycles. The van der Waals surface area contributed by atoms with Crippen molar-refractivity contribution < 1.29 is 14.6 Å². The first-order valence-electron chi connectivity index (χ1n) is 6.28. The van der Waals surface area contributed by atoms with Gasteiger partial charge in [-0.1, -0.05) is 39.3 Å². The molecule has 0 fully saturated rings. The zero-order valence-electron chi connectivity index (χ0n) is 12.1. The van der Waals surface area contributed by atoms with Gasteiger partial charge in [-0.05, 0) is 23.6 Å². The first-order valence-corrected chi connectivity index (χ1v) is 6.66. The van der Waals surface area contributed by atoms with Crippen molar-refractivity contribution in [1.82, 2.24) is 0 Å². The highest BCUT2D eigenvalue weighted by Gasteiger charge is 2.26. The molecular weight excluding hydrogens is 264 g/mol. The molecule has 0 saturated carbocycles. The summed E-state index contributed by atoms with van der Waals surface area (Å²) >= 11 is 6.32. The van der Waals surface area contributed by atoms with Crippen molar-refractivity contribution in [2.24, 2.45) is 0 Å². The fourth-order valence-corrected chi connectivity index (χ4v) is 2.62. The second-order valence-corrected chi connectivity index (χ2v) is 6.09. The lowest BCUT2D eigenvalue weighted by Gasteiger charge is -2.25. The quantitative estimate of drug-likeness (QED) is 0.880. The summed E-state index contributed by atoms with van der Waals surface area (Å²) in [5, 5.41) is 9.61. The van der Waals surface area contributed by atoms with Crippen molar-refractivity contribution in [2.75, 3.05) is 7.11 Å². The van der Waals surface area contributed by atoms with Gasteiger partial charge in [-0.15, -0.1) is 0 Å². The summed E-state index contributed by atoms with van der Waals surface area (Å²) < 4.78 is 5.40. The first-order chi connectivity index (χ1) is 8.69. The molecule has 0 amide bonds. The van der Waals surface area contributed by atoms with Crippen molar-refractivity contribution in [1.29, 1.82) is 0 Å². The zero-order chi connectivity index (χ0) is 14.8. The molecule has 0 aliphatic heterocycles. The van der Waals surface area contributed by atoms with E-state index in [1.807, 2.05) is 39.8 Å². The zero-order valence-corrected chi connectivity index (χ0v) is 12.8. The van der Waals surface area contributed by atoms with Gasteiger partial charge in [-0.3, -0.25) is 4.79 Å². The van der Waals surface area contributed by atoms with Crippen LogP contribution in [0.5, 0.6) is 5.75 Å². The molecule has 0 unspecified atom stereocenters. The Morgan fingerprint density at radius 2 is 2.00 bits per heavy atom. The summed E-state index contributed by atoms with van der Waals surface area (Å²) in [5.74, 6) is 0.142. The number of hydrogen-bond acceptors (Lipinski definition) is 2. The lowest BCUT2D eigenvalue weighted by molar-refractivity contribution is -0.138. The number of aliphatic carboxylic acids is 1. The van der Waals surface area contributed by atoms with Gasteiger partial charge in [0.05, 0.1) is 13.5 Å². The molecule has 1 aromatic carbocycles. The lowest BCUT2D eigenvalue weighted by atomic mass is 9.80. The van der Waals surface area contributed by atoms with Crippen LogP contribution < -0.4 is 4.74 Å². The van der Waals surface area contributed by atoms with E-state index in [0.29, 0.717) is 5.02 Å². The SMILES string of the molecule is COc1cc(C(C)(C)CC(=O)O)cc(Cl)c1C(C)C. The van der Waals surface area contributed by atoms with E-state index in [0.717, 1.165) is 16.9 Å². The van der Waals surface area contributed by atoms with Gasteiger partial charge in [-0.2, -0.15) is 0 Å². The number of rotatable bonds is 5. The minimum atomic E-state index is -0.826. The average Bonchev–Trinajstić information content (AvgIpc) is 2.25. The number of ether oxygens (including phenoxy) is 1. The summed E-state index contributed by atoms with van der Waals surface area (Å²) in [6, 6.07) is 3.74. The normalized spacial score (nSPS) is 11.7. The molecule has 0 saturated heterocycles. The monoisotopic (exact) mass is 284 g/mol. The molecular formula is C15H21ClO3. The van der Waals surface area contributed by atoms with Crippen LogP contribution in [0.25, 0.3) is 0 Å². The van der Waals surface area contributed by atoms with Crippen LogP contribution in [0.4, 0.5) is 0 Å². The molecule has 0 radical (unpaired) electrons. The Morgan fingerprint density at radius 3 is 2.42 bits per heavy atom. The van der Waals surface area contributed by atoms with Crippen LogP contribution in [0.1, 0.15) is 51.2 Å². The third-order valence-electron chi connectivity index (χ3n) is 3.26. The second-order valence-electron chi connectivity index (χ2n) is 5.68. The Bertz CT molecular complexity index is 479. The van der Waals surface area contributed by atoms with Crippen molar-refractivity contribution in [3.63, 3.8) is 0 Å². The molecule has 0 bridgehead atoms. The van der Waals surface area contributed by atoms with E-state index < -0.39 is 11.4 Å². The van der Waals surface area contributed by atoms with Crippen molar-refractivity contribution in [3.05, 3.63) is 28.3 Å². The van der Waals surface area contributed by atoms with E-state index >= 15 is 0 Å². The largest absolute Gasteiger partial charge is 0.496 e. The summed E-state index contributed by atoms with van der Waals surface area (Å²) in [5.41, 5.74) is 1.35. The van der Waals surface area contributed by atoms with Gasteiger partial charge >= 0.3 is 5.97 Å². The van der Waals surface area contributed by atoms with E-state index in [9.17, 15) is 4.79 Å². The Morgan fingerprint density at radius 1 is 1.42 bits per heavy atom. The van der Waals surface area contributed by atoms with Crippen LogP contribution in [0.2, 0.25) is 5.02 Å².